The van der Waals surface area contributed by atoms with Crippen molar-refractivity contribution < 1.29 is 9.53 Å². The molecule has 0 heterocycles. The summed E-state index contributed by atoms with van der Waals surface area (Å²) in [5.41, 5.74) is 0. The van der Waals surface area contributed by atoms with Gasteiger partial charge in [-0.25, -0.2) is 0 Å². The van der Waals surface area contributed by atoms with Crippen LogP contribution in [0.5, 0.6) is 0 Å². The van der Waals surface area contributed by atoms with E-state index in [2.05, 4.69) is 6.92 Å². The second kappa shape index (κ2) is 13.5. The zero-order valence-electron chi connectivity index (χ0n) is 8.97. The third-order valence-corrected chi connectivity index (χ3v) is 1.95. The van der Waals surface area contributed by atoms with Crippen molar-refractivity contribution in [2.75, 3.05) is 6.61 Å². The summed E-state index contributed by atoms with van der Waals surface area (Å²) in [5, 5.41) is 0. The maximum absolute atomic E-state index is 11.0. The maximum atomic E-state index is 11.0. The molecule has 0 saturated carbocycles. The van der Waals surface area contributed by atoms with Crippen LogP contribution in [-0.4, -0.2) is 42.1 Å². The van der Waals surface area contributed by atoms with Crippen molar-refractivity contribution in [3.05, 3.63) is 0 Å². The normalized spacial score (nSPS) is 9.29. The topological polar surface area (TPSA) is 26.3 Å². The van der Waals surface area contributed by atoms with Crippen LogP contribution in [0.1, 0.15) is 58.8 Å². The average Bonchev–Trinajstić information content (AvgIpc) is 2.14. The molecule has 0 aromatic carbocycles. The number of carbonyl (C=O) groups is 1. The Morgan fingerprint density at radius 1 is 1.00 bits per heavy atom. The van der Waals surface area contributed by atoms with Crippen LogP contribution in [0.3, 0.4) is 0 Å². The molecule has 0 saturated heterocycles. The van der Waals surface area contributed by atoms with Gasteiger partial charge in [0.05, 0.1) is 6.61 Å². The van der Waals surface area contributed by atoms with Crippen LogP contribution in [0.4, 0.5) is 0 Å². The molecule has 0 aromatic rings. The summed E-state index contributed by atoms with van der Waals surface area (Å²) >= 11 is 0. The van der Waals surface area contributed by atoms with Crippen LogP contribution >= 0.6 is 0 Å². The van der Waals surface area contributed by atoms with E-state index >= 15 is 0 Å². The molecule has 0 aliphatic carbocycles. The number of hydrogen-bond acceptors (Lipinski definition) is 2. The van der Waals surface area contributed by atoms with Crippen molar-refractivity contribution in [1.82, 2.24) is 0 Å². The van der Waals surface area contributed by atoms with E-state index in [1.165, 1.54) is 19.3 Å². The minimum atomic E-state index is -0.0293. The first kappa shape index (κ1) is 16.9. The average molecular weight is 210 g/mol. The van der Waals surface area contributed by atoms with Crippen LogP contribution in [-0.2, 0) is 9.53 Å². The van der Waals surface area contributed by atoms with Gasteiger partial charge in [0.1, 0.15) is 0 Å². The first-order valence-corrected chi connectivity index (χ1v) is 5.46. The summed E-state index contributed by atoms with van der Waals surface area (Å²) in [7, 11) is 0. The Bertz CT molecular complexity index is 126. The molecule has 0 bridgehead atoms. The first-order chi connectivity index (χ1) is 6.31. The molecule has 0 spiro atoms. The van der Waals surface area contributed by atoms with Crippen molar-refractivity contribution in [1.29, 1.82) is 0 Å². The Labute approximate surface area is 110 Å². The summed E-state index contributed by atoms with van der Waals surface area (Å²) in [6.07, 6.45) is 7.45. The van der Waals surface area contributed by atoms with Crippen molar-refractivity contribution in [3.8, 4) is 0 Å². The zero-order chi connectivity index (χ0) is 9.94. The molecule has 0 fully saturated rings. The second-order valence-electron chi connectivity index (χ2n) is 3.38. The van der Waals surface area contributed by atoms with Crippen LogP contribution in [0.25, 0.3) is 0 Å². The van der Waals surface area contributed by atoms with E-state index in [-0.39, 0.29) is 35.5 Å². The molecule has 0 radical (unpaired) electrons. The Morgan fingerprint density at radius 3 is 2.21 bits per heavy atom. The van der Waals surface area contributed by atoms with Crippen molar-refractivity contribution in [2.24, 2.45) is 0 Å². The molecule has 0 aliphatic rings. The zero-order valence-corrected chi connectivity index (χ0v) is 8.97. The molecule has 0 unspecified atom stereocenters. The predicted octanol–water partition coefficient (Wildman–Crippen LogP) is 2.65. The molecule has 0 N–H and O–H groups in total. The van der Waals surface area contributed by atoms with Gasteiger partial charge in [-0.2, -0.15) is 0 Å². The van der Waals surface area contributed by atoms with Gasteiger partial charge in [-0.05, 0) is 12.8 Å². The van der Waals surface area contributed by atoms with Gasteiger partial charge in [0.2, 0.25) is 0 Å². The van der Waals surface area contributed by atoms with Crippen molar-refractivity contribution in [3.63, 3.8) is 0 Å². The van der Waals surface area contributed by atoms with E-state index < -0.39 is 0 Å². The van der Waals surface area contributed by atoms with Crippen LogP contribution in [0.2, 0.25) is 0 Å². The van der Waals surface area contributed by atoms with Crippen LogP contribution in [0.15, 0.2) is 0 Å². The van der Waals surface area contributed by atoms with E-state index in [1.807, 2.05) is 6.92 Å². The van der Waals surface area contributed by atoms with Crippen LogP contribution in [0, 0.1) is 0 Å². The molecule has 0 amide bonds. The Morgan fingerprint density at radius 2 is 1.64 bits per heavy atom. The van der Waals surface area contributed by atoms with Gasteiger partial charge in [-0.3, -0.25) is 4.79 Å². The summed E-state index contributed by atoms with van der Waals surface area (Å²) in [4.78, 5) is 11.0. The van der Waals surface area contributed by atoms with Gasteiger partial charge < -0.3 is 4.74 Å². The molecule has 0 atom stereocenters. The summed E-state index contributed by atoms with van der Waals surface area (Å²) < 4.78 is 4.96. The standard InChI is InChI=1S/C11H22O2.Na.H/c1-3-5-6-7-8-9-11(12)13-10-4-2;;/h3-10H2,1-2H3;;. The number of rotatable bonds is 8. The van der Waals surface area contributed by atoms with E-state index in [0.29, 0.717) is 13.0 Å². The first-order valence-electron chi connectivity index (χ1n) is 5.46. The van der Waals surface area contributed by atoms with E-state index in [0.717, 1.165) is 19.3 Å². The number of unbranched alkanes of at least 4 members (excludes halogenated alkanes) is 4. The fourth-order valence-electron chi connectivity index (χ4n) is 1.16. The number of carbonyl (C=O) groups excluding carboxylic acids is 1. The van der Waals surface area contributed by atoms with Gasteiger partial charge in [0.25, 0.3) is 0 Å². The molecular weight excluding hydrogens is 187 g/mol. The van der Waals surface area contributed by atoms with E-state index in [9.17, 15) is 4.79 Å². The Balaban J connectivity index is 0. The van der Waals surface area contributed by atoms with Crippen molar-refractivity contribution >= 4 is 35.5 Å². The summed E-state index contributed by atoms with van der Waals surface area (Å²) in [5.74, 6) is -0.0293. The minimum absolute atomic E-state index is 0. The third kappa shape index (κ3) is 12.5. The Hall–Kier alpha value is 0.470. The van der Waals surface area contributed by atoms with Crippen molar-refractivity contribution in [2.45, 2.75) is 58.8 Å². The molecule has 0 rings (SSSR count). The van der Waals surface area contributed by atoms with Gasteiger partial charge in [-0.1, -0.05) is 39.5 Å². The van der Waals surface area contributed by atoms with Gasteiger partial charge >= 0.3 is 35.5 Å². The molecule has 3 heteroatoms. The molecule has 0 aliphatic heterocycles. The molecule has 2 nitrogen and oxygen atoms in total. The van der Waals surface area contributed by atoms with Gasteiger partial charge in [0.15, 0.2) is 0 Å². The molecule has 14 heavy (non-hydrogen) atoms. The van der Waals surface area contributed by atoms with Gasteiger partial charge in [0, 0.05) is 6.42 Å². The molecule has 80 valence electrons. The monoisotopic (exact) mass is 210 g/mol. The molecule has 0 aromatic heterocycles. The molecular formula is C11H23NaO2. The summed E-state index contributed by atoms with van der Waals surface area (Å²) in [6, 6.07) is 0. The summed E-state index contributed by atoms with van der Waals surface area (Å²) in [6.45, 7) is 4.78. The number of hydrogen-bond donors (Lipinski definition) is 0. The number of esters is 1. The quantitative estimate of drug-likeness (QED) is 0.350. The van der Waals surface area contributed by atoms with Gasteiger partial charge in [-0.15, -0.1) is 0 Å². The third-order valence-electron chi connectivity index (χ3n) is 1.95. The number of ether oxygens (including phenoxy) is 1. The fourth-order valence-corrected chi connectivity index (χ4v) is 1.16. The van der Waals surface area contributed by atoms with E-state index in [4.69, 9.17) is 4.74 Å². The predicted molar refractivity (Wildman–Crippen MR) is 61.8 cm³/mol. The second-order valence-corrected chi connectivity index (χ2v) is 3.38. The Kier molecular flexibility index (Phi) is 16.2. The van der Waals surface area contributed by atoms with Crippen LogP contribution < -0.4 is 0 Å². The fraction of sp³-hybridized carbons (Fsp3) is 0.909. The SMILES string of the molecule is CCCCCCCC(=O)OCCC.[NaH]. The van der Waals surface area contributed by atoms with E-state index in [1.54, 1.807) is 0 Å².